The third kappa shape index (κ3) is 1.78. The van der Waals surface area contributed by atoms with Gasteiger partial charge in [-0.05, 0) is 28.3 Å². The van der Waals surface area contributed by atoms with Gasteiger partial charge in [-0.2, -0.15) is 0 Å². The second-order valence-electron chi connectivity index (χ2n) is 4.97. The van der Waals surface area contributed by atoms with Crippen molar-refractivity contribution in [3.05, 3.63) is 19.8 Å². The van der Waals surface area contributed by atoms with Crippen LogP contribution in [0.5, 0.6) is 0 Å². The van der Waals surface area contributed by atoms with Crippen LogP contribution in [0.1, 0.15) is 33.5 Å². The highest BCUT2D eigenvalue weighted by Crippen LogP contribution is 2.43. The molecular formula is C12H12BrNO3S. The minimum absolute atomic E-state index is 0.191. The Balaban J connectivity index is 1.80. The summed E-state index contributed by atoms with van der Waals surface area (Å²) in [5.74, 6) is 0.00974. The minimum atomic E-state index is -0.907. The molecule has 1 aliphatic heterocycles. The highest BCUT2D eigenvalue weighted by atomic mass is 79.9. The molecule has 1 N–H and O–H groups in total. The molecule has 0 radical (unpaired) electrons. The van der Waals surface area contributed by atoms with E-state index >= 15 is 0 Å². The number of hydrogen-bond donors (Lipinski definition) is 1. The van der Waals surface area contributed by atoms with E-state index in [1.54, 1.807) is 0 Å². The zero-order valence-electron chi connectivity index (χ0n) is 9.77. The number of carboxylic acid groups (broad SMARTS) is 1. The molecule has 2 aliphatic rings. The first kappa shape index (κ1) is 12.2. The summed E-state index contributed by atoms with van der Waals surface area (Å²) in [5, 5.41) is 9.03. The summed E-state index contributed by atoms with van der Waals surface area (Å²) in [4.78, 5) is 26.3. The van der Waals surface area contributed by atoms with E-state index in [0.717, 1.165) is 16.9 Å². The molecule has 1 amide bonds. The molecule has 96 valence electrons. The maximum absolute atomic E-state index is 12.1. The van der Waals surface area contributed by atoms with Crippen LogP contribution >= 0.6 is 27.3 Å². The van der Waals surface area contributed by atoms with E-state index in [1.165, 1.54) is 11.3 Å². The van der Waals surface area contributed by atoms with Gasteiger partial charge in [0.2, 0.25) is 5.91 Å². The molecule has 1 aliphatic carbocycles. The third-order valence-corrected chi connectivity index (χ3v) is 5.98. The van der Waals surface area contributed by atoms with Crippen molar-refractivity contribution in [3.63, 3.8) is 0 Å². The van der Waals surface area contributed by atoms with Crippen molar-refractivity contribution in [2.24, 2.45) is 11.8 Å². The number of carboxylic acids is 1. The number of amides is 1. The number of thiophene rings is 1. The van der Waals surface area contributed by atoms with E-state index in [-0.39, 0.29) is 11.8 Å². The van der Waals surface area contributed by atoms with Gasteiger partial charge < -0.3 is 10.0 Å². The molecule has 0 aromatic carbocycles. The number of halogens is 1. The van der Waals surface area contributed by atoms with Crippen LogP contribution in [0.2, 0.25) is 0 Å². The van der Waals surface area contributed by atoms with E-state index in [1.807, 2.05) is 4.90 Å². The van der Waals surface area contributed by atoms with Crippen LogP contribution in [-0.4, -0.2) is 21.9 Å². The van der Waals surface area contributed by atoms with Crippen LogP contribution in [-0.2, 0) is 17.9 Å². The summed E-state index contributed by atoms with van der Waals surface area (Å²) in [7, 11) is 0. The van der Waals surface area contributed by atoms with Gasteiger partial charge in [0.25, 0.3) is 0 Å². The van der Waals surface area contributed by atoms with Gasteiger partial charge in [0.05, 0.1) is 6.54 Å². The van der Waals surface area contributed by atoms with E-state index in [4.69, 9.17) is 5.11 Å². The number of rotatable bonds is 2. The second kappa shape index (κ2) is 4.06. The molecule has 1 aromatic rings. The predicted molar refractivity (Wildman–Crippen MR) is 70.5 cm³/mol. The summed E-state index contributed by atoms with van der Waals surface area (Å²) in [6.45, 7) is 3.20. The molecule has 0 spiro atoms. The largest absolute Gasteiger partial charge is 0.477 e. The SMILES string of the molecule is CC1CC1C(=O)N1Cc2sc(C(=O)O)c(Br)c2C1. The number of carbonyl (C=O) groups excluding carboxylic acids is 1. The van der Waals surface area contributed by atoms with Crippen LogP contribution in [0.3, 0.4) is 0 Å². The number of fused-ring (bicyclic) bond motifs is 1. The molecule has 2 heterocycles. The maximum atomic E-state index is 12.1. The van der Waals surface area contributed by atoms with Gasteiger partial charge in [-0.3, -0.25) is 4.79 Å². The lowest BCUT2D eigenvalue weighted by molar-refractivity contribution is -0.133. The van der Waals surface area contributed by atoms with Crippen molar-refractivity contribution in [2.75, 3.05) is 0 Å². The molecule has 1 fully saturated rings. The Bertz CT molecular complexity index is 554. The second-order valence-corrected chi connectivity index (χ2v) is 6.86. The fourth-order valence-electron chi connectivity index (χ4n) is 2.39. The standard InChI is InChI=1S/C12H12BrNO3S/c1-5-2-6(5)11(15)14-3-7-8(4-14)18-10(9(7)13)12(16)17/h5-6H,2-4H2,1H3,(H,16,17). The molecule has 1 saturated carbocycles. The first-order chi connectivity index (χ1) is 8.49. The molecule has 0 saturated heterocycles. The van der Waals surface area contributed by atoms with Crippen LogP contribution in [0.15, 0.2) is 4.47 Å². The lowest BCUT2D eigenvalue weighted by Crippen LogP contribution is -2.27. The third-order valence-electron chi connectivity index (χ3n) is 3.64. The highest BCUT2D eigenvalue weighted by Gasteiger charge is 2.43. The first-order valence-corrected chi connectivity index (χ1v) is 7.42. The molecule has 18 heavy (non-hydrogen) atoms. The van der Waals surface area contributed by atoms with Crippen molar-refractivity contribution >= 4 is 39.1 Å². The fraction of sp³-hybridized carbons (Fsp3) is 0.500. The summed E-state index contributed by atoms with van der Waals surface area (Å²) < 4.78 is 0.647. The maximum Gasteiger partial charge on any atom is 0.347 e. The average Bonchev–Trinajstić information content (AvgIpc) is 2.77. The zero-order valence-corrected chi connectivity index (χ0v) is 12.2. The minimum Gasteiger partial charge on any atom is -0.477 e. The molecule has 0 bridgehead atoms. The Morgan fingerprint density at radius 3 is 2.61 bits per heavy atom. The Morgan fingerprint density at radius 2 is 2.11 bits per heavy atom. The predicted octanol–water partition coefficient (Wildman–Crippen LogP) is 2.71. The van der Waals surface area contributed by atoms with E-state index in [9.17, 15) is 9.59 Å². The Hall–Kier alpha value is -0.880. The lowest BCUT2D eigenvalue weighted by Gasteiger charge is -2.15. The molecule has 1 aromatic heterocycles. The van der Waals surface area contributed by atoms with E-state index in [0.29, 0.717) is 28.4 Å². The fourth-order valence-corrected chi connectivity index (χ4v) is 4.35. The molecule has 2 unspecified atom stereocenters. The Kier molecular flexibility index (Phi) is 2.75. The van der Waals surface area contributed by atoms with Crippen LogP contribution in [0.25, 0.3) is 0 Å². The Morgan fingerprint density at radius 1 is 1.44 bits per heavy atom. The van der Waals surface area contributed by atoms with Crippen LogP contribution in [0.4, 0.5) is 0 Å². The van der Waals surface area contributed by atoms with E-state index < -0.39 is 5.97 Å². The smallest absolute Gasteiger partial charge is 0.347 e. The summed E-state index contributed by atoms with van der Waals surface area (Å²) in [6, 6.07) is 0. The molecular weight excluding hydrogens is 318 g/mol. The van der Waals surface area contributed by atoms with Crippen LogP contribution < -0.4 is 0 Å². The average molecular weight is 330 g/mol. The lowest BCUT2D eigenvalue weighted by atomic mass is 10.2. The van der Waals surface area contributed by atoms with Crippen molar-refractivity contribution < 1.29 is 14.7 Å². The van der Waals surface area contributed by atoms with Crippen molar-refractivity contribution in [1.82, 2.24) is 4.90 Å². The van der Waals surface area contributed by atoms with Gasteiger partial charge in [-0.25, -0.2) is 4.79 Å². The number of aromatic carboxylic acids is 1. The van der Waals surface area contributed by atoms with E-state index in [2.05, 4.69) is 22.9 Å². The van der Waals surface area contributed by atoms with Crippen molar-refractivity contribution in [3.8, 4) is 0 Å². The van der Waals surface area contributed by atoms with Gasteiger partial charge in [-0.1, -0.05) is 6.92 Å². The number of nitrogens with zero attached hydrogens (tertiary/aromatic N) is 1. The Labute approximate surface area is 117 Å². The van der Waals surface area contributed by atoms with Gasteiger partial charge in [-0.15, -0.1) is 11.3 Å². The topological polar surface area (TPSA) is 57.6 Å². The number of hydrogen-bond acceptors (Lipinski definition) is 3. The van der Waals surface area contributed by atoms with Gasteiger partial charge in [0.1, 0.15) is 4.88 Å². The normalized spacial score (nSPS) is 25.1. The summed E-state index contributed by atoms with van der Waals surface area (Å²) in [5.41, 5.74) is 0.971. The summed E-state index contributed by atoms with van der Waals surface area (Å²) in [6.07, 6.45) is 0.991. The quantitative estimate of drug-likeness (QED) is 0.907. The van der Waals surface area contributed by atoms with Gasteiger partial charge >= 0.3 is 5.97 Å². The molecule has 4 nitrogen and oxygen atoms in total. The van der Waals surface area contributed by atoms with Gasteiger partial charge in [0, 0.05) is 27.4 Å². The molecule has 3 rings (SSSR count). The molecule has 2 atom stereocenters. The molecule has 6 heteroatoms. The van der Waals surface area contributed by atoms with Gasteiger partial charge in [0.15, 0.2) is 0 Å². The zero-order chi connectivity index (χ0) is 13.0. The highest BCUT2D eigenvalue weighted by molar-refractivity contribution is 9.10. The number of carbonyl (C=O) groups is 2. The first-order valence-electron chi connectivity index (χ1n) is 5.81. The summed E-state index contributed by atoms with van der Waals surface area (Å²) >= 11 is 4.61. The monoisotopic (exact) mass is 329 g/mol. The van der Waals surface area contributed by atoms with Crippen LogP contribution in [0, 0.1) is 11.8 Å². The van der Waals surface area contributed by atoms with Crippen molar-refractivity contribution in [2.45, 2.75) is 26.4 Å². The van der Waals surface area contributed by atoms with Crippen molar-refractivity contribution in [1.29, 1.82) is 0 Å².